The lowest BCUT2D eigenvalue weighted by Gasteiger charge is -2.06. The lowest BCUT2D eigenvalue weighted by molar-refractivity contribution is -0.131. The van der Waals surface area contributed by atoms with Gasteiger partial charge in [0.25, 0.3) is 0 Å². The maximum Gasteiger partial charge on any atom is 0.327 e. The number of nitrogens with zero attached hydrogens (tertiary/aromatic N) is 1. The summed E-state index contributed by atoms with van der Waals surface area (Å²) in [5.74, 6) is -0.223. The maximum absolute atomic E-state index is 10.3. The van der Waals surface area contributed by atoms with Gasteiger partial charge in [-0.1, -0.05) is 24.3 Å². The van der Waals surface area contributed by atoms with Gasteiger partial charge < -0.3 is 9.84 Å². The molecule has 0 saturated heterocycles. The molecule has 1 N–H and O–H groups in total. The summed E-state index contributed by atoms with van der Waals surface area (Å²) in [6.45, 7) is 0.430. The zero-order valence-corrected chi connectivity index (χ0v) is 9.74. The molecule has 18 heavy (non-hydrogen) atoms. The lowest BCUT2D eigenvalue weighted by atomic mass is 10.2. The minimum Gasteiger partial charge on any atom is -0.491 e. The standard InChI is InChI=1S/C14H13NO3/c16-13(17)8-1-2-10-18-12-7-3-5-11-6-4-9-15-14(11)12/h1,3-9H,2,10H2,(H,16,17)/b8-1+. The molecular weight excluding hydrogens is 230 g/mol. The number of hydrogen-bond acceptors (Lipinski definition) is 3. The molecule has 2 aromatic rings. The first kappa shape index (κ1) is 12.1. The number of pyridine rings is 1. The van der Waals surface area contributed by atoms with Gasteiger partial charge in [0.1, 0.15) is 11.3 Å². The first-order valence-corrected chi connectivity index (χ1v) is 5.63. The van der Waals surface area contributed by atoms with Gasteiger partial charge >= 0.3 is 5.97 Å². The molecule has 0 radical (unpaired) electrons. The summed E-state index contributed by atoms with van der Waals surface area (Å²) in [7, 11) is 0. The molecule has 4 nitrogen and oxygen atoms in total. The summed E-state index contributed by atoms with van der Waals surface area (Å²) >= 11 is 0. The van der Waals surface area contributed by atoms with E-state index in [4.69, 9.17) is 9.84 Å². The molecule has 0 saturated carbocycles. The summed E-state index contributed by atoms with van der Waals surface area (Å²) in [4.78, 5) is 14.5. The first-order valence-electron chi connectivity index (χ1n) is 5.63. The van der Waals surface area contributed by atoms with Crippen molar-refractivity contribution in [2.24, 2.45) is 0 Å². The molecule has 0 spiro atoms. The zero-order chi connectivity index (χ0) is 12.8. The van der Waals surface area contributed by atoms with E-state index in [0.29, 0.717) is 13.0 Å². The second-order valence-corrected chi connectivity index (χ2v) is 3.71. The SMILES string of the molecule is O=C(O)/C=C/CCOc1cccc2cccnc12. The van der Waals surface area contributed by atoms with Gasteiger partial charge in [-0.05, 0) is 18.6 Å². The highest BCUT2D eigenvalue weighted by molar-refractivity contribution is 5.84. The van der Waals surface area contributed by atoms with E-state index in [0.717, 1.165) is 22.7 Å². The molecule has 1 aromatic heterocycles. The largest absolute Gasteiger partial charge is 0.491 e. The van der Waals surface area contributed by atoms with E-state index in [2.05, 4.69) is 4.98 Å². The minimum atomic E-state index is -0.943. The van der Waals surface area contributed by atoms with E-state index < -0.39 is 5.97 Å². The third-order valence-corrected chi connectivity index (χ3v) is 2.40. The van der Waals surface area contributed by atoms with Crippen molar-refractivity contribution >= 4 is 16.9 Å². The summed E-state index contributed by atoms with van der Waals surface area (Å²) in [5.41, 5.74) is 0.821. The number of rotatable bonds is 5. The van der Waals surface area contributed by atoms with Gasteiger partial charge in [0.15, 0.2) is 0 Å². The van der Waals surface area contributed by atoms with Crippen LogP contribution in [0.2, 0.25) is 0 Å². The van der Waals surface area contributed by atoms with E-state index in [1.807, 2.05) is 30.3 Å². The van der Waals surface area contributed by atoms with Crippen LogP contribution in [0, 0.1) is 0 Å². The van der Waals surface area contributed by atoms with E-state index in [1.165, 1.54) is 0 Å². The number of fused-ring (bicyclic) bond motifs is 1. The molecule has 0 aliphatic rings. The molecule has 2 rings (SSSR count). The highest BCUT2D eigenvalue weighted by Crippen LogP contribution is 2.22. The van der Waals surface area contributed by atoms with Crippen molar-refractivity contribution in [1.29, 1.82) is 0 Å². The number of carbonyl (C=O) groups is 1. The van der Waals surface area contributed by atoms with E-state index >= 15 is 0 Å². The number of benzene rings is 1. The summed E-state index contributed by atoms with van der Waals surface area (Å²) in [5, 5.41) is 9.46. The Balaban J connectivity index is 2.01. The van der Waals surface area contributed by atoms with Crippen LogP contribution in [0.15, 0.2) is 48.7 Å². The van der Waals surface area contributed by atoms with Gasteiger partial charge in [0.05, 0.1) is 6.61 Å². The Morgan fingerprint density at radius 2 is 2.17 bits per heavy atom. The number of para-hydroxylation sites is 1. The third kappa shape index (κ3) is 3.07. The summed E-state index contributed by atoms with van der Waals surface area (Å²) in [6, 6.07) is 9.59. The van der Waals surface area contributed by atoms with Crippen molar-refractivity contribution in [2.45, 2.75) is 6.42 Å². The van der Waals surface area contributed by atoms with E-state index in [9.17, 15) is 4.79 Å². The third-order valence-electron chi connectivity index (χ3n) is 2.40. The first-order chi connectivity index (χ1) is 8.77. The molecule has 0 aliphatic carbocycles. The Morgan fingerprint density at radius 3 is 3.00 bits per heavy atom. The Hall–Kier alpha value is -2.36. The van der Waals surface area contributed by atoms with Crippen molar-refractivity contribution in [2.75, 3.05) is 6.61 Å². The van der Waals surface area contributed by atoms with Crippen molar-refractivity contribution in [3.63, 3.8) is 0 Å². The lowest BCUT2D eigenvalue weighted by Crippen LogP contribution is -1.97. The van der Waals surface area contributed by atoms with Crippen LogP contribution in [-0.2, 0) is 4.79 Å². The smallest absolute Gasteiger partial charge is 0.327 e. The summed E-state index contributed by atoms with van der Waals surface area (Å²) < 4.78 is 5.59. The predicted molar refractivity (Wildman–Crippen MR) is 68.6 cm³/mol. The van der Waals surface area contributed by atoms with Crippen LogP contribution in [0.5, 0.6) is 5.75 Å². The maximum atomic E-state index is 10.3. The number of aliphatic carboxylic acids is 1. The van der Waals surface area contributed by atoms with Crippen LogP contribution in [0.3, 0.4) is 0 Å². The van der Waals surface area contributed by atoms with Gasteiger partial charge in [0.2, 0.25) is 0 Å². The fourth-order valence-corrected chi connectivity index (χ4v) is 1.61. The fraction of sp³-hybridized carbons (Fsp3) is 0.143. The molecule has 0 unspecified atom stereocenters. The molecule has 92 valence electrons. The Kier molecular flexibility index (Phi) is 3.91. The summed E-state index contributed by atoms with van der Waals surface area (Å²) in [6.07, 6.45) is 4.96. The molecule has 0 atom stereocenters. The Bertz CT molecular complexity index is 573. The van der Waals surface area contributed by atoms with Crippen molar-refractivity contribution < 1.29 is 14.6 Å². The molecule has 0 fully saturated rings. The molecule has 1 heterocycles. The molecule has 1 aromatic carbocycles. The van der Waals surface area contributed by atoms with Gasteiger partial charge in [-0.25, -0.2) is 4.79 Å². The Morgan fingerprint density at radius 1 is 1.33 bits per heavy atom. The molecular formula is C14H13NO3. The topological polar surface area (TPSA) is 59.4 Å². The van der Waals surface area contributed by atoms with Crippen LogP contribution in [0.25, 0.3) is 10.9 Å². The predicted octanol–water partition coefficient (Wildman–Crippen LogP) is 2.64. The van der Waals surface area contributed by atoms with E-state index in [-0.39, 0.29) is 0 Å². The quantitative estimate of drug-likeness (QED) is 0.647. The molecule has 4 heteroatoms. The molecule has 0 amide bonds. The number of ether oxygens (including phenoxy) is 1. The highest BCUT2D eigenvalue weighted by Gasteiger charge is 2.01. The van der Waals surface area contributed by atoms with Gasteiger partial charge in [-0.3, -0.25) is 4.98 Å². The van der Waals surface area contributed by atoms with Crippen molar-refractivity contribution in [1.82, 2.24) is 4.98 Å². The van der Waals surface area contributed by atoms with Gasteiger partial charge in [-0.2, -0.15) is 0 Å². The van der Waals surface area contributed by atoms with Gasteiger partial charge in [-0.15, -0.1) is 0 Å². The number of carboxylic acid groups (broad SMARTS) is 1. The number of hydrogen-bond donors (Lipinski definition) is 1. The molecule has 0 aliphatic heterocycles. The highest BCUT2D eigenvalue weighted by atomic mass is 16.5. The second-order valence-electron chi connectivity index (χ2n) is 3.71. The van der Waals surface area contributed by atoms with Crippen LogP contribution < -0.4 is 4.74 Å². The van der Waals surface area contributed by atoms with Crippen molar-refractivity contribution in [3.05, 3.63) is 48.7 Å². The van der Waals surface area contributed by atoms with Crippen LogP contribution in [0.1, 0.15) is 6.42 Å². The average molecular weight is 243 g/mol. The monoisotopic (exact) mass is 243 g/mol. The second kappa shape index (κ2) is 5.82. The fourth-order valence-electron chi connectivity index (χ4n) is 1.61. The van der Waals surface area contributed by atoms with Crippen LogP contribution >= 0.6 is 0 Å². The number of aromatic nitrogens is 1. The average Bonchev–Trinajstić information content (AvgIpc) is 2.38. The van der Waals surface area contributed by atoms with Gasteiger partial charge in [0, 0.05) is 17.7 Å². The number of carboxylic acids is 1. The van der Waals surface area contributed by atoms with Crippen molar-refractivity contribution in [3.8, 4) is 5.75 Å². The van der Waals surface area contributed by atoms with Crippen LogP contribution in [0.4, 0.5) is 0 Å². The Labute approximate surface area is 105 Å². The minimum absolute atomic E-state index is 0.430. The van der Waals surface area contributed by atoms with Crippen LogP contribution in [-0.4, -0.2) is 22.7 Å². The normalized spacial score (nSPS) is 10.9. The molecule has 0 bridgehead atoms. The van der Waals surface area contributed by atoms with E-state index in [1.54, 1.807) is 12.3 Å². The zero-order valence-electron chi connectivity index (χ0n) is 9.74.